The number of aromatic amines is 1. The molecular formula is C12H8ClN3. The van der Waals surface area contributed by atoms with Crippen molar-refractivity contribution in [3.05, 3.63) is 47.7 Å². The minimum atomic E-state index is 0.698. The lowest BCUT2D eigenvalue weighted by molar-refractivity contribution is 1.27. The maximum atomic E-state index is 6.08. The van der Waals surface area contributed by atoms with Crippen molar-refractivity contribution in [1.29, 1.82) is 0 Å². The SMILES string of the molecule is Clc1ccnc2[nH]c(-c3ccccn3)cc12. The van der Waals surface area contributed by atoms with Crippen molar-refractivity contribution < 1.29 is 0 Å². The largest absolute Gasteiger partial charge is 0.338 e. The van der Waals surface area contributed by atoms with Crippen LogP contribution in [0.5, 0.6) is 0 Å². The van der Waals surface area contributed by atoms with Crippen molar-refractivity contribution in [2.45, 2.75) is 0 Å². The Morgan fingerprint density at radius 2 is 2.00 bits per heavy atom. The van der Waals surface area contributed by atoms with Gasteiger partial charge in [0.05, 0.1) is 16.4 Å². The maximum absolute atomic E-state index is 6.08. The van der Waals surface area contributed by atoms with Crippen LogP contribution in [-0.2, 0) is 0 Å². The fourth-order valence-electron chi connectivity index (χ4n) is 1.65. The highest BCUT2D eigenvalue weighted by molar-refractivity contribution is 6.35. The molecule has 0 saturated carbocycles. The number of nitrogens with one attached hydrogen (secondary N) is 1. The van der Waals surface area contributed by atoms with Gasteiger partial charge in [-0.25, -0.2) is 4.98 Å². The van der Waals surface area contributed by atoms with Crippen LogP contribution < -0.4 is 0 Å². The average molecular weight is 230 g/mol. The molecule has 0 spiro atoms. The maximum Gasteiger partial charge on any atom is 0.139 e. The van der Waals surface area contributed by atoms with Crippen LogP contribution in [0.15, 0.2) is 42.7 Å². The van der Waals surface area contributed by atoms with Gasteiger partial charge in [0.25, 0.3) is 0 Å². The number of nitrogens with zero attached hydrogens (tertiary/aromatic N) is 2. The fraction of sp³-hybridized carbons (Fsp3) is 0. The molecule has 16 heavy (non-hydrogen) atoms. The highest BCUT2D eigenvalue weighted by atomic mass is 35.5. The standard InChI is InChI=1S/C12H8ClN3/c13-9-4-6-15-12-8(9)7-11(16-12)10-3-1-2-5-14-10/h1-7H,(H,15,16). The number of aromatic nitrogens is 3. The minimum absolute atomic E-state index is 0.698. The first-order valence-electron chi connectivity index (χ1n) is 4.89. The van der Waals surface area contributed by atoms with Gasteiger partial charge < -0.3 is 4.98 Å². The van der Waals surface area contributed by atoms with Gasteiger partial charge >= 0.3 is 0 Å². The van der Waals surface area contributed by atoms with Crippen LogP contribution in [0, 0.1) is 0 Å². The van der Waals surface area contributed by atoms with Gasteiger partial charge in [0.2, 0.25) is 0 Å². The minimum Gasteiger partial charge on any atom is -0.338 e. The van der Waals surface area contributed by atoms with E-state index >= 15 is 0 Å². The van der Waals surface area contributed by atoms with Crippen molar-refractivity contribution >= 4 is 22.6 Å². The Kier molecular flexibility index (Phi) is 2.11. The lowest BCUT2D eigenvalue weighted by Gasteiger charge is -1.93. The van der Waals surface area contributed by atoms with Crippen molar-refractivity contribution in [2.24, 2.45) is 0 Å². The van der Waals surface area contributed by atoms with Gasteiger partial charge in [-0.05, 0) is 24.3 Å². The number of pyridine rings is 2. The van der Waals surface area contributed by atoms with E-state index in [-0.39, 0.29) is 0 Å². The zero-order valence-corrected chi connectivity index (χ0v) is 9.07. The number of rotatable bonds is 1. The number of halogens is 1. The summed E-state index contributed by atoms with van der Waals surface area (Å²) in [6, 6.07) is 9.52. The van der Waals surface area contributed by atoms with Gasteiger partial charge in [0.15, 0.2) is 0 Å². The van der Waals surface area contributed by atoms with E-state index < -0.39 is 0 Å². The van der Waals surface area contributed by atoms with Crippen LogP contribution in [0.1, 0.15) is 0 Å². The summed E-state index contributed by atoms with van der Waals surface area (Å²) in [4.78, 5) is 11.7. The van der Waals surface area contributed by atoms with Gasteiger partial charge in [-0.1, -0.05) is 17.7 Å². The number of H-pyrrole nitrogens is 1. The highest BCUT2D eigenvalue weighted by Crippen LogP contribution is 2.26. The Balaban J connectivity index is 2.23. The van der Waals surface area contributed by atoms with Gasteiger partial charge in [-0.3, -0.25) is 4.98 Å². The van der Waals surface area contributed by atoms with Gasteiger partial charge in [0, 0.05) is 17.8 Å². The Labute approximate surface area is 97.1 Å². The van der Waals surface area contributed by atoms with Crippen LogP contribution in [0.25, 0.3) is 22.4 Å². The van der Waals surface area contributed by atoms with Crippen LogP contribution in [0.4, 0.5) is 0 Å². The molecule has 0 bridgehead atoms. The van der Waals surface area contributed by atoms with E-state index in [9.17, 15) is 0 Å². The molecule has 0 saturated heterocycles. The summed E-state index contributed by atoms with van der Waals surface area (Å²) in [5, 5.41) is 1.62. The van der Waals surface area contributed by atoms with E-state index in [1.54, 1.807) is 18.5 Å². The Bertz CT molecular complexity index is 631. The highest BCUT2D eigenvalue weighted by Gasteiger charge is 2.06. The van der Waals surface area contributed by atoms with E-state index in [1.807, 2.05) is 24.3 Å². The van der Waals surface area contributed by atoms with Crippen molar-refractivity contribution in [1.82, 2.24) is 15.0 Å². The van der Waals surface area contributed by atoms with Gasteiger partial charge in [-0.2, -0.15) is 0 Å². The van der Waals surface area contributed by atoms with E-state index in [4.69, 9.17) is 11.6 Å². The molecule has 3 aromatic heterocycles. The summed E-state index contributed by atoms with van der Waals surface area (Å²) in [6.45, 7) is 0. The molecular weight excluding hydrogens is 222 g/mol. The third-order valence-corrected chi connectivity index (χ3v) is 2.75. The number of hydrogen-bond acceptors (Lipinski definition) is 2. The molecule has 0 aliphatic heterocycles. The second kappa shape index (κ2) is 3.61. The lowest BCUT2D eigenvalue weighted by atomic mass is 10.2. The first-order chi connectivity index (χ1) is 7.84. The molecule has 0 aliphatic carbocycles. The summed E-state index contributed by atoms with van der Waals surface area (Å²) in [7, 11) is 0. The fourth-order valence-corrected chi connectivity index (χ4v) is 1.86. The smallest absolute Gasteiger partial charge is 0.139 e. The Morgan fingerprint density at radius 3 is 2.75 bits per heavy atom. The lowest BCUT2D eigenvalue weighted by Crippen LogP contribution is -1.80. The van der Waals surface area contributed by atoms with Gasteiger partial charge in [-0.15, -0.1) is 0 Å². The molecule has 3 nitrogen and oxygen atoms in total. The molecule has 78 valence electrons. The number of fused-ring (bicyclic) bond motifs is 1. The molecule has 0 aromatic carbocycles. The zero-order valence-electron chi connectivity index (χ0n) is 8.31. The summed E-state index contributed by atoms with van der Waals surface area (Å²) in [6.07, 6.45) is 3.44. The number of hydrogen-bond donors (Lipinski definition) is 1. The Morgan fingerprint density at radius 1 is 1.06 bits per heavy atom. The second-order valence-electron chi connectivity index (χ2n) is 3.45. The van der Waals surface area contributed by atoms with Crippen LogP contribution >= 0.6 is 11.6 Å². The summed E-state index contributed by atoms with van der Waals surface area (Å²) < 4.78 is 0. The molecule has 0 atom stereocenters. The molecule has 0 radical (unpaired) electrons. The Hall–Kier alpha value is -1.87. The summed E-state index contributed by atoms with van der Waals surface area (Å²) in [5.41, 5.74) is 2.60. The molecule has 3 rings (SSSR count). The molecule has 0 amide bonds. The normalized spacial score (nSPS) is 10.8. The molecule has 1 N–H and O–H groups in total. The molecule has 0 unspecified atom stereocenters. The van der Waals surface area contributed by atoms with Crippen molar-refractivity contribution in [3.8, 4) is 11.4 Å². The summed E-state index contributed by atoms with van der Waals surface area (Å²) >= 11 is 6.08. The first-order valence-corrected chi connectivity index (χ1v) is 5.27. The topological polar surface area (TPSA) is 41.6 Å². The molecule has 4 heteroatoms. The van der Waals surface area contributed by atoms with Crippen molar-refractivity contribution in [2.75, 3.05) is 0 Å². The first kappa shape index (κ1) is 9.36. The van der Waals surface area contributed by atoms with Gasteiger partial charge in [0.1, 0.15) is 5.65 Å². The summed E-state index contributed by atoms with van der Waals surface area (Å²) in [5.74, 6) is 0. The molecule has 0 fully saturated rings. The molecule has 3 aromatic rings. The van der Waals surface area contributed by atoms with E-state index in [0.717, 1.165) is 22.4 Å². The van der Waals surface area contributed by atoms with Crippen molar-refractivity contribution in [3.63, 3.8) is 0 Å². The van der Waals surface area contributed by atoms with Crippen LogP contribution in [-0.4, -0.2) is 15.0 Å². The monoisotopic (exact) mass is 229 g/mol. The van der Waals surface area contributed by atoms with E-state index in [0.29, 0.717) is 5.02 Å². The predicted octanol–water partition coefficient (Wildman–Crippen LogP) is 3.28. The average Bonchev–Trinajstić information content (AvgIpc) is 2.76. The quantitative estimate of drug-likeness (QED) is 0.696. The third kappa shape index (κ3) is 1.46. The van der Waals surface area contributed by atoms with Crippen LogP contribution in [0.3, 0.4) is 0 Å². The predicted molar refractivity (Wildman–Crippen MR) is 64.3 cm³/mol. The van der Waals surface area contributed by atoms with E-state index in [1.165, 1.54) is 0 Å². The molecule has 0 aliphatic rings. The zero-order chi connectivity index (χ0) is 11.0. The second-order valence-corrected chi connectivity index (χ2v) is 3.86. The third-order valence-electron chi connectivity index (χ3n) is 2.42. The van der Waals surface area contributed by atoms with Crippen LogP contribution in [0.2, 0.25) is 5.02 Å². The van der Waals surface area contributed by atoms with E-state index in [2.05, 4.69) is 15.0 Å². The molecule has 3 heterocycles.